The van der Waals surface area contributed by atoms with Gasteiger partial charge in [-0.2, -0.15) is 8.62 Å². The summed E-state index contributed by atoms with van der Waals surface area (Å²) in [6, 6.07) is 0. The lowest BCUT2D eigenvalue weighted by Gasteiger charge is -2.19. The summed E-state index contributed by atoms with van der Waals surface area (Å²) in [6.07, 6.45) is -2.48. The predicted octanol–water partition coefficient (Wildman–Crippen LogP) is -0.377. The molecule has 0 spiro atoms. The minimum Gasteiger partial charge on any atom is -0.450 e. The number of aliphatic hydroxyl groups excluding tert-OH is 1. The number of aromatic nitrogens is 4. The minimum atomic E-state index is -5.64. The number of nitrogens with two attached hydrogens (primary N) is 1. The molecule has 0 radical (unpaired) electrons. The summed E-state index contributed by atoms with van der Waals surface area (Å²) < 4.78 is 52.3. The van der Waals surface area contributed by atoms with Crippen molar-refractivity contribution in [3.63, 3.8) is 0 Å². The number of imidazole rings is 1. The Bertz CT molecular complexity index is 1160. The van der Waals surface area contributed by atoms with Crippen molar-refractivity contribution in [1.29, 1.82) is 0 Å². The van der Waals surface area contributed by atoms with E-state index in [-0.39, 0.29) is 12.2 Å². The van der Waals surface area contributed by atoms with Crippen LogP contribution in [0.25, 0.3) is 11.2 Å². The second-order valence-corrected chi connectivity index (χ2v) is 10.6. The van der Waals surface area contributed by atoms with Crippen molar-refractivity contribution < 1.29 is 71.3 Å². The first-order chi connectivity index (χ1) is 15.5. The van der Waals surface area contributed by atoms with Crippen LogP contribution >= 0.6 is 23.5 Å². The zero-order valence-corrected chi connectivity index (χ0v) is 19.1. The van der Waals surface area contributed by atoms with E-state index >= 15 is 0 Å². The van der Waals surface area contributed by atoms with Crippen LogP contribution in [0.4, 0.5) is 10.6 Å². The zero-order chi connectivity index (χ0) is 25.9. The van der Waals surface area contributed by atoms with E-state index in [1.54, 1.807) is 0 Å². The fourth-order valence-corrected chi connectivity index (χ4v) is 5.62. The van der Waals surface area contributed by atoms with Gasteiger partial charge in [-0.15, -0.1) is 0 Å². The van der Waals surface area contributed by atoms with Gasteiger partial charge in [-0.25, -0.2) is 33.4 Å². The lowest BCUT2D eigenvalue weighted by Crippen LogP contribution is -2.26. The van der Waals surface area contributed by atoms with E-state index < -0.39 is 54.7 Å². The molecule has 9 N–H and O–H groups in total. The monoisotopic (exact) mass is 553 g/mol. The maximum Gasteiger partial charge on any atom is 0.503 e. The third-order valence-corrected chi connectivity index (χ3v) is 7.52. The van der Waals surface area contributed by atoms with E-state index in [0.29, 0.717) is 11.2 Å². The fraction of sp³-hybridized carbons (Fsp3) is 0.455. The average Bonchev–Trinajstić information content (AvgIpc) is 3.20. The molecule has 1 aliphatic rings. The molecule has 0 amide bonds. The predicted molar refractivity (Wildman–Crippen MR) is 105 cm³/mol. The molecular formula is C11H18N5O15P3. The number of phosphoric acid groups is 3. The molecule has 23 heteroatoms. The van der Waals surface area contributed by atoms with Crippen LogP contribution in [0.15, 0.2) is 12.7 Å². The third-order valence-electron chi connectivity index (χ3n) is 3.72. The molecule has 0 aromatic carbocycles. The van der Waals surface area contributed by atoms with E-state index in [0.717, 1.165) is 0 Å². The number of nitrogen functional groups attached to an aromatic ring is 1. The molecule has 5 atom stereocenters. The number of carboxylic acid groups (broad SMARTS) is 2. The molecule has 20 nitrogen and oxygen atoms in total. The SMILES string of the molecule is Nc1ncnc2c1ncn2[C@H]1C[C@H](O)[C@@H](COP(=O)(O)OP(=O)(O)OP(=O)(O)O)O1.O=C(O)O. The second kappa shape index (κ2) is 10.7. The Morgan fingerprint density at radius 1 is 1.12 bits per heavy atom. The Kier molecular flexibility index (Phi) is 8.87. The van der Waals surface area contributed by atoms with Crippen LogP contribution in [-0.4, -0.2) is 79.4 Å². The smallest absolute Gasteiger partial charge is 0.450 e. The molecule has 3 rings (SSSR count). The average molecular weight is 553 g/mol. The van der Waals surface area contributed by atoms with Gasteiger partial charge in [0.05, 0.1) is 19.0 Å². The largest absolute Gasteiger partial charge is 0.503 e. The van der Waals surface area contributed by atoms with Crippen molar-refractivity contribution in [2.75, 3.05) is 12.3 Å². The van der Waals surface area contributed by atoms with E-state index in [1.165, 1.54) is 17.2 Å². The van der Waals surface area contributed by atoms with Crippen molar-refractivity contribution in [3.05, 3.63) is 12.7 Å². The van der Waals surface area contributed by atoms with E-state index in [4.69, 9.17) is 40.2 Å². The van der Waals surface area contributed by atoms with Crippen LogP contribution in [-0.2, 0) is 31.6 Å². The van der Waals surface area contributed by atoms with Crippen molar-refractivity contribution >= 4 is 46.6 Å². The van der Waals surface area contributed by atoms with Gasteiger partial charge in [-0.3, -0.25) is 9.09 Å². The minimum absolute atomic E-state index is 0.000206. The molecule has 1 fully saturated rings. The van der Waals surface area contributed by atoms with Crippen LogP contribution in [0.2, 0.25) is 0 Å². The zero-order valence-electron chi connectivity index (χ0n) is 16.4. The second-order valence-electron chi connectivity index (χ2n) is 6.18. The van der Waals surface area contributed by atoms with Crippen LogP contribution in [0.3, 0.4) is 0 Å². The van der Waals surface area contributed by atoms with Gasteiger partial charge in [0.25, 0.3) is 0 Å². The molecule has 2 aromatic heterocycles. The van der Waals surface area contributed by atoms with Gasteiger partial charge in [-0.05, 0) is 0 Å². The number of anilines is 1. The van der Waals surface area contributed by atoms with Crippen LogP contribution in [0, 0.1) is 0 Å². The molecule has 2 unspecified atom stereocenters. The lowest BCUT2D eigenvalue weighted by atomic mass is 10.2. The Hall–Kier alpha value is -2.05. The summed E-state index contributed by atoms with van der Waals surface area (Å²) in [5, 5.41) is 24.1. The maximum atomic E-state index is 11.8. The fourth-order valence-electron chi connectivity index (χ4n) is 2.59. The summed E-state index contributed by atoms with van der Waals surface area (Å²) in [7, 11) is -16.5. The summed E-state index contributed by atoms with van der Waals surface area (Å²) in [4.78, 5) is 56.0. The van der Waals surface area contributed by atoms with E-state index in [9.17, 15) is 23.7 Å². The quantitative estimate of drug-likeness (QED) is 0.193. The van der Waals surface area contributed by atoms with Crippen molar-refractivity contribution in [2.24, 2.45) is 0 Å². The van der Waals surface area contributed by atoms with Gasteiger partial charge >= 0.3 is 29.6 Å². The highest BCUT2D eigenvalue weighted by Gasteiger charge is 2.43. The number of aliphatic hydroxyl groups is 1. The first-order valence-corrected chi connectivity index (χ1v) is 13.0. The molecule has 3 heterocycles. The van der Waals surface area contributed by atoms with Gasteiger partial charge in [0.2, 0.25) is 0 Å². The van der Waals surface area contributed by atoms with Crippen molar-refractivity contribution in [1.82, 2.24) is 19.5 Å². The number of carbonyl (C=O) groups is 1. The maximum absolute atomic E-state index is 11.8. The lowest BCUT2D eigenvalue weighted by molar-refractivity contribution is -0.0423. The van der Waals surface area contributed by atoms with E-state index in [1.807, 2.05) is 0 Å². The molecular weight excluding hydrogens is 535 g/mol. The first-order valence-electron chi connectivity index (χ1n) is 8.46. The van der Waals surface area contributed by atoms with Crippen LogP contribution in [0.5, 0.6) is 0 Å². The highest BCUT2D eigenvalue weighted by Crippen LogP contribution is 2.66. The molecule has 0 saturated carbocycles. The standard InChI is InChI=1S/C10H16N5O12P3.CH2O3/c11-9-8-10(13-3-12-9)15(4-14-8)7-1-5(16)6(25-7)2-24-29(20,21)27-30(22,23)26-28(17,18)19;2-1(3)4/h3-7,16H,1-2H2,(H,20,21)(H,22,23)(H2,11,12,13)(H2,17,18,19);(H2,2,3,4)/t5-,6+,7+;/m0./s1. The highest BCUT2D eigenvalue weighted by molar-refractivity contribution is 7.66. The summed E-state index contributed by atoms with van der Waals surface area (Å²) in [6.45, 7) is -0.787. The van der Waals surface area contributed by atoms with Gasteiger partial charge in [-0.1, -0.05) is 0 Å². The van der Waals surface area contributed by atoms with Crippen LogP contribution in [0.1, 0.15) is 12.6 Å². The third kappa shape index (κ3) is 8.31. The molecule has 0 aliphatic carbocycles. The van der Waals surface area contributed by atoms with Gasteiger partial charge in [0, 0.05) is 6.42 Å². The van der Waals surface area contributed by atoms with Crippen molar-refractivity contribution in [3.8, 4) is 0 Å². The Labute approximate surface area is 188 Å². The Morgan fingerprint density at radius 3 is 2.32 bits per heavy atom. The molecule has 0 bridgehead atoms. The molecule has 1 aliphatic heterocycles. The van der Waals surface area contributed by atoms with Gasteiger partial charge in [0.15, 0.2) is 11.5 Å². The van der Waals surface area contributed by atoms with Gasteiger partial charge in [0.1, 0.15) is 24.2 Å². The Balaban J connectivity index is 0.000000945. The summed E-state index contributed by atoms with van der Waals surface area (Å²) >= 11 is 0. The number of rotatable bonds is 8. The van der Waals surface area contributed by atoms with Crippen LogP contribution < -0.4 is 5.73 Å². The number of phosphoric ester groups is 1. The number of nitrogens with zero attached hydrogens (tertiary/aromatic N) is 4. The normalized spacial score (nSPS) is 24.1. The number of hydrogen-bond donors (Lipinski definition) is 8. The Morgan fingerprint density at radius 2 is 1.74 bits per heavy atom. The van der Waals surface area contributed by atoms with Gasteiger partial charge < -0.3 is 45.4 Å². The first kappa shape index (κ1) is 28.2. The number of fused-ring (bicyclic) bond motifs is 1. The number of ether oxygens (including phenoxy) is 1. The molecule has 1 saturated heterocycles. The summed E-state index contributed by atoms with van der Waals surface area (Å²) in [5.74, 6) is 0.126. The van der Waals surface area contributed by atoms with Crippen molar-refractivity contribution in [2.45, 2.75) is 24.9 Å². The topological polar surface area (TPSA) is 316 Å². The number of hydrogen-bond acceptors (Lipinski definition) is 13. The molecule has 192 valence electrons. The molecule has 34 heavy (non-hydrogen) atoms. The molecule has 2 aromatic rings. The highest BCUT2D eigenvalue weighted by atomic mass is 31.3. The van der Waals surface area contributed by atoms with E-state index in [2.05, 4.69) is 28.1 Å². The summed E-state index contributed by atoms with van der Waals surface area (Å²) in [5.41, 5.74) is 6.31.